The third-order valence-corrected chi connectivity index (χ3v) is 3.35. The van der Waals surface area contributed by atoms with Crippen LogP contribution in [0.5, 0.6) is 0 Å². The van der Waals surface area contributed by atoms with Gasteiger partial charge in [-0.1, -0.05) is 38.4 Å². The lowest BCUT2D eigenvalue weighted by Crippen LogP contribution is -2.38. The quantitative estimate of drug-likeness (QED) is 0.712. The molecule has 1 rings (SSSR count). The second-order valence-electron chi connectivity index (χ2n) is 4.14. The maximum atomic E-state index is 5.53. The summed E-state index contributed by atoms with van der Waals surface area (Å²) in [5.74, 6) is 0. The molecule has 1 fully saturated rings. The summed E-state index contributed by atoms with van der Waals surface area (Å²) >= 11 is 4.91. The van der Waals surface area contributed by atoms with Crippen molar-refractivity contribution in [3.05, 3.63) is 0 Å². The van der Waals surface area contributed by atoms with Crippen LogP contribution in [0.1, 0.15) is 45.4 Å². The highest BCUT2D eigenvalue weighted by atomic mass is 32.1. The molecule has 1 saturated carbocycles. The van der Waals surface area contributed by atoms with Gasteiger partial charge in [0.1, 0.15) is 0 Å². The Morgan fingerprint density at radius 1 is 1.36 bits per heavy atom. The summed E-state index contributed by atoms with van der Waals surface area (Å²) in [5.41, 5.74) is 5.53. The third kappa shape index (κ3) is 3.93. The Hall–Kier alpha value is -0.150. The molecule has 0 aliphatic heterocycles. The van der Waals surface area contributed by atoms with Gasteiger partial charge in [-0.3, -0.25) is 0 Å². The average Bonchev–Trinajstić information content (AvgIpc) is 2.20. The fourth-order valence-corrected chi connectivity index (χ4v) is 2.39. The van der Waals surface area contributed by atoms with Crippen molar-refractivity contribution in [2.45, 2.75) is 51.5 Å². The van der Waals surface area contributed by atoms with Crippen LogP contribution in [0.3, 0.4) is 0 Å². The molecule has 0 bridgehead atoms. The number of nitrogens with zero attached hydrogens (tertiary/aromatic N) is 1. The van der Waals surface area contributed by atoms with Crippen molar-refractivity contribution in [1.29, 1.82) is 0 Å². The minimum Gasteiger partial charge on any atom is -0.393 e. The number of hydrogen-bond acceptors (Lipinski definition) is 2. The van der Waals surface area contributed by atoms with Gasteiger partial charge >= 0.3 is 0 Å². The molecule has 0 spiro atoms. The third-order valence-electron chi connectivity index (χ3n) is 3.14. The van der Waals surface area contributed by atoms with Crippen LogP contribution in [0.25, 0.3) is 0 Å². The SMILES string of the molecule is CCN(CCC(N)=S)C1CCCCC1. The van der Waals surface area contributed by atoms with Gasteiger partial charge in [-0.25, -0.2) is 0 Å². The summed E-state index contributed by atoms with van der Waals surface area (Å²) in [6, 6.07) is 0.795. The molecule has 0 amide bonds. The van der Waals surface area contributed by atoms with Gasteiger partial charge in [0.15, 0.2) is 0 Å². The normalized spacial score (nSPS) is 18.7. The fourth-order valence-electron chi connectivity index (χ4n) is 2.30. The molecule has 0 unspecified atom stereocenters. The highest BCUT2D eigenvalue weighted by Crippen LogP contribution is 2.22. The van der Waals surface area contributed by atoms with Crippen LogP contribution in [0, 0.1) is 0 Å². The summed E-state index contributed by atoms with van der Waals surface area (Å²) in [7, 11) is 0. The van der Waals surface area contributed by atoms with Crippen LogP contribution < -0.4 is 5.73 Å². The first kappa shape index (κ1) is 11.9. The van der Waals surface area contributed by atoms with Crippen LogP contribution in [-0.2, 0) is 0 Å². The largest absolute Gasteiger partial charge is 0.393 e. The van der Waals surface area contributed by atoms with E-state index in [4.69, 9.17) is 18.0 Å². The van der Waals surface area contributed by atoms with Crippen molar-refractivity contribution in [2.24, 2.45) is 5.73 Å². The van der Waals surface area contributed by atoms with E-state index in [1.807, 2.05) is 0 Å². The molecule has 82 valence electrons. The minimum absolute atomic E-state index is 0.652. The smallest absolute Gasteiger partial charge is 0.0740 e. The van der Waals surface area contributed by atoms with Gasteiger partial charge < -0.3 is 10.6 Å². The molecule has 0 atom stereocenters. The molecule has 0 radical (unpaired) electrons. The topological polar surface area (TPSA) is 29.3 Å². The van der Waals surface area contributed by atoms with Crippen LogP contribution in [0.2, 0.25) is 0 Å². The van der Waals surface area contributed by atoms with E-state index in [2.05, 4.69) is 11.8 Å². The van der Waals surface area contributed by atoms with E-state index in [-0.39, 0.29) is 0 Å². The first-order chi connectivity index (χ1) is 6.74. The second kappa shape index (κ2) is 6.36. The zero-order valence-electron chi connectivity index (χ0n) is 9.17. The van der Waals surface area contributed by atoms with E-state index < -0.39 is 0 Å². The highest BCUT2D eigenvalue weighted by Gasteiger charge is 2.19. The molecule has 1 aliphatic carbocycles. The molecule has 2 N–H and O–H groups in total. The monoisotopic (exact) mass is 214 g/mol. The Balaban J connectivity index is 2.31. The van der Waals surface area contributed by atoms with Crippen LogP contribution >= 0.6 is 12.2 Å². The van der Waals surface area contributed by atoms with Crippen LogP contribution in [-0.4, -0.2) is 29.0 Å². The summed E-state index contributed by atoms with van der Waals surface area (Å²) in [4.78, 5) is 3.19. The number of rotatable bonds is 5. The minimum atomic E-state index is 0.652. The number of hydrogen-bond donors (Lipinski definition) is 1. The van der Waals surface area contributed by atoms with E-state index in [0.717, 1.165) is 25.6 Å². The molecule has 0 saturated heterocycles. The van der Waals surface area contributed by atoms with Crippen molar-refractivity contribution < 1.29 is 0 Å². The maximum absolute atomic E-state index is 5.53. The molecule has 0 aromatic rings. The standard InChI is InChI=1S/C11H22N2S/c1-2-13(9-8-11(12)14)10-6-4-3-5-7-10/h10H,2-9H2,1H3,(H2,12,14). The second-order valence-corrected chi connectivity index (χ2v) is 4.66. The van der Waals surface area contributed by atoms with E-state index in [9.17, 15) is 0 Å². The van der Waals surface area contributed by atoms with E-state index in [0.29, 0.717) is 4.99 Å². The zero-order valence-corrected chi connectivity index (χ0v) is 9.98. The van der Waals surface area contributed by atoms with Gasteiger partial charge in [-0.15, -0.1) is 0 Å². The Morgan fingerprint density at radius 2 is 2.00 bits per heavy atom. The van der Waals surface area contributed by atoms with Crippen molar-refractivity contribution in [2.75, 3.05) is 13.1 Å². The molecular formula is C11H22N2S. The van der Waals surface area contributed by atoms with Crippen LogP contribution in [0.4, 0.5) is 0 Å². The van der Waals surface area contributed by atoms with Gasteiger partial charge in [0.05, 0.1) is 4.99 Å². The van der Waals surface area contributed by atoms with Gasteiger partial charge in [0, 0.05) is 19.0 Å². The predicted octanol–water partition coefficient (Wildman–Crippen LogP) is 2.32. The molecular weight excluding hydrogens is 192 g/mol. The van der Waals surface area contributed by atoms with Crippen LogP contribution in [0.15, 0.2) is 0 Å². The Bertz CT molecular complexity index is 176. The average molecular weight is 214 g/mol. The predicted molar refractivity (Wildman–Crippen MR) is 65.5 cm³/mol. The fraction of sp³-hybridized carbons (Fsp3) is 0.909. The molecule has 0 aromatic carbocycles. The zero-order chi connectivity index (χ0) is 10.4. The van der Waals surface area contributed by atoms with Gasteiger partial charge in [-0.05, 0) is 19.4 Å². The summed E-state index contributed by atoms with van der Waals surface area (Å²) in [5, 5.41) is 0. The van der Waals surface area contributed by atoms with Crippen molar-refractivity contribution in [1.82, 2.24) is 4.90 Å². The Labute approximate surface area is 92.8 Å². The lowest BCUT2D eigenvalue weighted by molar-refractivity contribution is 0.168. The molecule has 0 aromatic heterocycles. The first-order valence-corrected chi connectivity index (χ1v) is 6.17. The number of thiocarbonyl (C=S) groups is 1. The maximum Gasteiger partial charge on any atom is 0.0740 e. The van der Waals surface area contributed by atoms with E-state index in [1.54, 1.807) is 0 Å². The Kier molecular flexibility index (Phi) is 5.41. The molecule has 1 aliphatic rings. The van der Waals surface area contributed by atoms with Crippen molar-refractivity contribution in [3.63, 3.8) is 0 Å². The van der Waals surface area contributed by atoms with Crippen molar-refractivity contribution >= 4 is 17.2 Å². The van der Waals surface area contributed by atoms with E-state index >= 15 is 0 Å². The molecule has 2 nitrogen and oxygen atoms in total. The summed E-state index contributed by atoms with van der Waals surface area (Å²) in [6.45, 7) is 4.41. The summed E-state index contributed by atoms with van der Waals surface area (Å²) in [6.07, 6.45) is 7.82. The highest BCUT2D eigenvalue weighted by molar-refractivity contribution is 7.80. The van der Waals surface area contributed by atoms with Gasteiger partial charge in [0.25, 0.3) is 0 Å². The number of nitrogens with two attached hydrogens (primary N) is 1. The van der Waals surface area contributed by atoms with Gasteiger partial charge in [-0.2, -0.15) is 0 Å². The molecule has 14 heavy (non-hydrogen) atoms. The summed E-state index contributed by atoms with van der Waals surface area (Å²) < 4.78 is 0. The van der Waals surface area contributed by atoms with Crippen molar-refractivity contribution in [3.8, 4) is 0 Å². The lowest BCUT2D eigenvalue weighted by atomic mass is 9.94. The van der Waals surface area contributed by atoms with Gasteiger partial charge in [0.2, 0.25) is 0 Å². The molecule has 0 heterocycles. The molecule has 3 heteroatoms. The lowest BCUT2D eigenvalue weighted by Gasteiger charge is -2.33. The Morgan fingerprint density at radius 3 is 2.50 bits per heavy atom. The first-order valence-electron chi connectivity index (χ1n) is 5.76. The van der Waals surface area contributed by atoms with E-state index in [1.165, 1.54) is 32.1 Å².